The van der Waals surface area contributed by atoms with E-state index in [1.807, 2.05) is 0 Å². The average molecular weight is 332 g/mol. The van der Waals surface area contributed by atoms with Crippen LogP contribution < -0.4 is 11.1 Å². The summed E-state index contributed by atoms with van der Waals surface area (Å²) in [7, 11) is 0. The normalized spacial score (nSPS) is 26.2. The molecular formula is C17H34ClN3O. The largest absolute Gasteiger partial charge is 0.356 e. The summed E-state index contributed by atoms with van der Waals surface area (Å²) in [5, 5.41) is 3.13. The first kappa shape index (κ1) is 19.7. The van der Waals surface area contributed by atoms with Crippen LogP contribution in [0.4, 0.5) is 0 Å². The van der Waals surface area contributed by atoms with Crippen LogP contribution in [0.5, 0.6) is 0 Å². The van der Waals surface area contributed by atoms with Gasteiger partial charge in [0.1, 0.15) is 0 Å². The Hall–Kier alpha value is -0.320. The van der Waals surface area contributed by atoms with Crippen molar-refractivity contribution in [3.63, 3.8) is 0 Å². The highest BCUT2D eigenvalue weighted by atomic mass is 35.5. The van der Waals surface area contributed by atoms with Gasteiger partial charge in [-0.1, -0.05) is 33.1 Å². The second-order valence-corrected chi connectivity index (χ2v) is 7.72. The van der Waals surface area contributed by atoms with Crippen LogP contribution in [0.25, 0.3) is 0 Å². The fourth-order valence-electron chi connectivity index (χ4n) is 3.67. The first-order valence-corrected chi connectivity index (χ1v) is 8.72. The van der Waals surface area contributed by atoms with Crippen LogP contribution in [0, 0.1) is 11.3 Å². The van der Waals surface area contributed by atoms with Gasteiger partial charge in [0.25, 0.3) is 0 Å². The molecule has 1 amide bonds. The summed E-state index contributed by atoms with van der Waals surface area (Å²) in [5.74, 6) is 0.933. The van der Waals surface area contributed by atoms with Crippen LogP contribution in [0.3, 0.4) is 0 Å². The molecule has 1 aliphatic heterocycles. The van der Waals surface area contributed by atoms with E-state index in [0.29, 0.717) is 6.42 Å². The van der Waals surface area contributed by atoms with Crippen LogP contribution in [0.2, 0.25) is 0 Å². The lowest BCUT2D eigenvalue weighted by Gasteiger charge is -2.42. The van der Waals surface area contributed by atoms with Crippen molar-refractivity contribution in [1.29, 1.82) is 0 Å². The standard InChI is InChI=1S/C17H33N3O.ClH/c1-17(2)13-20(10-8-15(17)18)11-9-16(21)19-12-14-6-4-3-5-7-14;/h14-15H,3-13,18H2,1-2H3,(H,19,21);1H. The van der Waals surface area contributed by atoms with Gasteiger partial charge < -0.3 is 16.0 Å². The molecule has 2 fully saturated rings. The van der Waals surface area contributed by atoms with Crippen molar-refractivity contribution in [1.82, 2.24) is 10.2 Å². The van der Waals surface area contributed by atoms with Gasteiger partial charge in [-0.3, -0.25) is 4.79 Å². The predicted octanol–water partition coefficient (Wildman–Crippen LogP) is 2.55. The Morgan fingerprint density at radius 1 is 1.23 bits per heavy atom. The molecule has 0 radical (unpaired) electrons. The minimum atomic E-state index is 0. The lowest BCUT2D eigenvalue weighted by molar-refractivity contribution is -0.121. The molecule has 1 aliphatic carbocycles. The van der Waals surface area contributed by atoms with Crippen LogP contribution in [-0.2, 0) is 4.79 Å². The zero-order chi connectivity index (χ0) is 15.3. The topological polar surface area (TPSA) is 58.4 Å². The van der Waals surface area contributed by atoms with Gasteiger partial charge in [-0.05, 0) is 37.1 Å². The third-order valence-electron chi connectivity index (χ3n) is 5.36. The summed E-state index contributed by atoms with van der Waals surface area (Å²) in [4.78, 5) is 14.4. The first-order valence-electron chi connectivity index (χ1n) is 8.72. The Bertz CT molecular complexity index is 343. The molecule has 4 nitrogen and oxygen atoms in total. The SMILES string of the molecule is CC1(C)CN(CCC(=O)NCC2CCCCC2)CCC1N.Cl. The van der Waals surface area contributed by atoms with Gasteiger partial charge in [0, 0.05) is 32.1 Å². The van der Waals surface area contributed by atoms with Crippen molar-refractivity contribution in [2.75, 3.05) is 26.2 Å². The molecule has 1 saturated carbocycles. The third-order valence-corrected chi connectivity index (χ3v) is 5.36. The van der Waals surface area contributed by atoms with Gasteiger partial charge in [0.15, 0.2) is 0 Å². The molecule has 1 saturated heterocycles. The second kappa shape index (κ2) is 9.09. The summed E-state index contributed by atoms with van der Waals surface area (Å²) >= 11 is 0. The minimum Gasteiger partial charge on any atom is -0.356 e. The maximum Gasteiger partial charge on any atom is 0.221 e. The molecule has 0 bridgehead atoms. The van der Waals surface area contributed by atoms with Crippen molar-refractivity contribution in [2.24, 2.45) is 17.1 Å². The van der Waals surface area contributed by atoms with Crippen molar-refractivity contribution in [3.05, 3.63) is 0 Å². The van der Waals surface area contributed by atoms with E-state index in [9.17, 15) is 4.79 Å². The van der Waals surface area contributed by atoms with Crippen molar-refractivity contribution < 1.29 is 4.79 Å². The van der Waals surface area contributed by atoms with E-state index in [-0.39, 0.29) is 29.8 Å². The molecule has 0 aromatic heterocycles. The fraction of sp³-hybridized carbons (Fsp3) is 0.941. The summed E-state index contributed by atoms with van der Waals surface area (Å²) in [6, 6.07) is 0.286. The van der Waals surface area contributed by atoms with Crippen LogP contribution in [0.1, 0.15) is 58.8 Å². The monoisotopic (exact) mass is 331 g/mol. The number of nitrogens with one attached hydrogen (secondary N) is 1. The molecule has 1 heterocycles. The predicted molar refractivity (Wildman–Crippen MR) is 94.3 cm³/mol. The maximum atomic E-state index is 12.0. The molecule has 1 atom stereocenters. The van der Waals surface area contributed by atoms with Crippen LogP contribution in [-0.4, -0.2) is 43.0 Å². The lowest BCUT2D eigenvalue weighted by atomic mass is 9.79. The number of nitrogens with zero attached hydrogens (tertiary/aromatic N) is 1. The summed E-state index contributed by atoms with van der Waals surface area (Å²) in [6.07, 6.45) is 8.29. The molecule has 2 rings (SSSR count). The quantitative estimate of drug-likeness (QED) is 0.814. The molecule has 0 spiro atoms. The zero-order valence-corrected chi connectivity index (χ0v) is 15.1. The minimum absolute atomic E-state index is 0. The average Bonchev–Trinajstić information content (AvgIpc) is 2.47. The Balaban J connectivity index is 0.00000242. The number of hydrogen-bond acceptors (Lipinski definition) is 3. The van der Waals surface area contributed by atoms with Crippen molar-refractivity contribution >= 4 is 18.3 Å². The number of nitrogens with two attached hydrogens (primary N) is 1. The van der Waals surface area contributed by atoms with E-state index >= 15 is 0 Å². The fourth-order valence-corrected chi connectivity index (χ4v) is 3.67. The van der Waals surface area contributed by atoms with Gasteiger partial charge in [-0.15, -0.1) is 12.4 Å². The molecule has 2 aliphatic rings. The van der Waals surface area contributed by atoms with E-state index < -0.39 is 0 Å². The number of carbonyl (C=O) groups excluding carboxylic acids is 1. The number of piperidine rings is 1. The molecule has 0 aromatic carbocycles. The van der Waals surface area contributed by atoms with Crippen molar-refractivity contribution in [3.8, 4) is 0 Å². The van der Waals surface area contributed by atoms with E-state index in [4.69, 9.17) is 5.73 Å². The Morgan fingerprint density at radius 2 is 1.91 bits per heavy atom. The van der Waals surface area contributed by atoms with E-state index in [0.717, 1.165) is 38.5 Å². The van der Waals surface area contributed by atoms with Crippen LogP contribution in [0.15, 0.2) is 0 Å². The summed E-state index contributed by atoms with van der Waals surface area (Å²) < 4.78 is 0. The van der Waals surface area contributed by atoms with E-state index in [2.05, 4.69) is 24.1 Å². The maximum absolute atomic E-state index is 12.0. The smallest absolute Gasteiger partial charge is 0.221 e. The third kappa shape index (κ3) is 6.05. The highest BCUT2D eigenvalue weighted by molar-refractivity contribution is 5.85. The number of likely N-dealkylation sites (tertiary alicyclic amines) is 1. The van der Waals surface area contributed by atoms with E-state index in [1.165, 1.54) is 32.1 Å². The highest BCUT2D eigenvalue weighted by Crippen LogP contribution is 2.27. The van der Waals surface area contributed by atoms with Gasteiger partial charge in [0.2, 0.25) is 5.91 Å². The molecule has 5 heteroatoms. The Morgan fingerprint density at radius 3 is 2.55 bits per heavy atom. The first-order chi connectivity index (χ1) is 9.97. The van der Waals surface area contributed by atoms with Gasteiger partial charge in [0.05, 0.1) is 0 Å². The van der Waals surface area contributed by atoms with Crippen molar-refractivity contribution in [2.45, 2.75) is 64.8 Å². The van der Waals surface area contributed by atoms with Gasteiger partial charge >= 0.3 is 0 Å². The van der Waals surface area contributed by atoms with Gasteiger partial charge in [-0.25, -0.2) is 0 Å². The number of hydrogen-bond donors (Lipinski definition) is 2. The van der Waals surface area contributed by atoms with Crippen LogP contribution >= 0.6 is 12.4 Å². The molecule has 1 unspecified atom stereocenters. The van der Waals surface area contributed by atoms with Gasteiger partial charge in [-0.2, -0.15) is 0 Å². The molecular weight excluding hydrogens is 298 g/mol. The molecule has 0 aromatic rings. The lowest BCUT2D eigenvalue weighted by Crippen LogP contribution is -2.52. The molecule has 22 heavy (non-hydrogen) atoms. The number of halogens is 1. The molecule has 3 N–H and O–H groups in total. The molecule has 130 valence electrons. The number of amides is 1. The highest BCUT2D eigenvalue weighted by Gasteiger charge is 2.33. The Labute approximate surface area is 142 Å². The number of rotatable bonds is 5. The zero-order valence-electron chi connectivity index (χ0n) is 14.3. The summed E-state index contributed by atoms with van der Waals surface area (Å²) in [6.45, 7) is 8.24. The second-order valence-electron chi connectivity index (χ2n) is 7.72. The summed E-state index contributed by atoms with van der Waals surface area (Å²) in [5.41, 5.74) is 6.32. The van der Waals surface area contributed by atoms with E-state index in [1.54, 1.807) is 0 Å². The Kier molecular flexibility index (Phi) is 8.15. The number of carbonyl (C=O) groups is 1.